The molecule has 1 aliphatic heterocycles. The highest BCUT2D eigenvalue weighted by Gasteiger charge is 2.44. The minimum absolute atomic E-state index is 0.249. The highest BCUT2D eigenvalue weighted by molar-refractivity contribution is 5.80. The lowest BCUT2D eigenvalue weighted by Crippen LogP contribution is -2.60. The van der Waals surface area contributed by atoms with E-state index in [2.05, 4.69) is 43.5 Å². The van der Waals surface area contributed by atoms with Crippen molar-refractivity contribution in [2.75, 3.05) is 13.2 Å². The van der Waals surface area contributed by atoms with Crippen molar-refractivity contribution in [3.63, 3.8) is 0 Å². The van der Waals surface area contributed by atoms with Gasteiger partial charge in [0, 0.05) is 0 Å². The van der Waals surface area contributed by atoms with Crippen molar-refractivity contribution in [3.05, 3.63) is 24.3 Å². The molecule has 0 aliphatic carbocycles. The van der Waals surface area contributed by atoms with E-state index in [0.29, 0.717) is 12.8 Å². The maximum atomic E-state index is 13.2. The summed E-state index contributed by atoms with van der Waals surface area (Å²) < 4.78 is 11.2. The van der Waals surface area contributed by atoms with E-state index in [9.17, 15) is 40.5 Å². The standard InChI is InChI=1S/C64H123NO10/c1-3-5-7-9-11-13-15-17-19-21-23-25-26-27-28-29-30-32-33-35-37-39-41-43-45-47-49-51-56(67)59(69)55(54-74-64-62(72)61(71)60(70)58(53-66)75-64)65-63(73)57(68)52-50-48-46-44-42-40-38-36-34-31-24-22-20-18-16-14-12-10-8-6-4-2/h34,36,43,45,55-62,64,66-72H,3-33,35,37-42,44,46-54H2,1-2H3,(H,65,73)/b36-34-,45-43+. The first-order chi connectivity index (χ1) is 36.7. The van der Waals surface area contributed by atoms with Crippen LogP contribution >= 0.6 is 0 Å². The van der Waals surface area contributed by atoms with Crippen LogP contribution in [0.2, 0.25) is 0 Å². The van der Waals surface area contributed by atoms with Gasteiger partial charge in [0.15, 0.2) is 6.29 Å². The average molecular weight is 1070 g/mol. The van der Waals surface area contributed by atoms with E-state index in [1.54, 1.807) is 0 Å². The minimum Gasteiger partial charge on any atom is -0.394 e. The zero-order valence-corrected chi connectivity index (χ0v) is 48.8. The summed E-state index contributed by atoms with van der Waals surface area (Å²) in [4.78, 5) is 13.2. The number of carbonyl (C=O) groups excluding carboxylic acids is 1. The third-order valence-electron chi connectivity index (χ3n) is 15.7. The quantitative estimate of drug-likeness (QED) is 0.0215. The van der Waals surface area contributed by atoms with Gasteiger partial charge in [0.1, 0.15) is 36.6 Å². The molecule has 1 heterocycles. The first-order valence-corrected chi connectivity index (χ1v) is 32.2. The topological polar surface area (TPSA) is 189 Å². The van der Waals surface area contributed by atoms with Crippen LogP contribution in [0.1, 0.15) is 309 Å². The second-order valence-electron chi connectivity index (χ2n) is 22.8. The molecule has 1 aliphatic rings. The molecule has 0 radical (unpaired) electrons. The molecule has 1 fully saturated rings. The van der Waals surface area contributed by atoms with E-state index in [1.165, 1.54) is 212 Å². The zero-order chi connectivity index (χ0) is 54.7. The Labute approximate surface area is 461 Å². The third-order valence-corrected chi connectivity index (χ3v) is 15.7. The summed E-state index contributed by atoms with van der Waals surface area (Å²) in [5.41, 5.74) is 0. The fourth-order valence-electron chi connectivity index (χ4n) is 10.5. The summed E-state index contributed by atoms with van der Waals surface area (Å²) in [6, 6.07) is -1.19. The van der Waals surface area contributed by atoms with Crippen LogP contribution in [0.15, 0.2) is 24.3 Å². The van der Waals surface area contributed by atoms with Crippen molar-refractivity contribution in [2.45, 2.75) is 364 Å². The first-order valence-electron chi connectivity index (χ1n) is 32.2. The molecule has 11 heteroatoms. The molecule has 0 bridgehead atoms. The van der Waals surface area contributed by atoms with Crippen LogP contribution in [0, 0.1) is 0 Å². The molecular weight excluding hydrogens is 943 g/mol. The molecule has 0 aromatic rings. The Kier molecular flexibility index (Phi) is 50.8. The molecule has 8 N–H and O–H groups in total. The van der Waals surface area contributed by atoms with E-state index in [0.717, 1.165) is 57.8 Å². The van der Waals surface area contributed by atoms with E-state index < -0.39 is 74.2 Å². The molecule has 0 saturated carbocycles. The van der Waals surface area contributed by atoms with Crippen LogP contribution in [0.4, 0.5) is 0 Å². The summed E-state index contributed by atoms with van der Waals surface area (Å²) in [6.07, 6.45) is 53.9. The number of aliphatic hydroxyl groups excluding tert-OH is 7. The Bertz CT molecular complexity index is 1270. The van der Waals surface area contributed by atoms with Crippen LogP contribution in [0.3, 0.4) is 0 Å². The number of hydrogen-bond acceptors (Lipinski definition) is 10. The van der Waals surface area contributed by atoms with Gasteiger partial charge >= 0.3 is 0 Å². The Morgan fingerprint density at radius 1 is 0.453 bits per heavy atom. The molecule has 0 aromatic heterocycles. The molecule has 0 aromatic carbocycles. The van der Waals surface area contributed by atoms with Crippen LogP contribution in [-0.4, -0.2) is 110 Å². The summed E-state index contributed by atoms with van der Waals surface area (Å²) in [5.74, 6) is -0.707. The molecule has 75 heavy (non-hydrogen) atoms. The first kappa shape index (κ1) is 71.6. The number of carbonyl (C=O) groups is 1. The predicted molar refractivity (Wildman–Crippen MR) is 312 cm³/mol. The van der Waals surface area contributed by atoms with Gasteiger partial charge in [0.2, 0.25) is 5.91 Å². The van der Waals surface area contributed by atoms with E-state index in [4.69, 9.17) is 9.47 Å². The highest BCUT2D eigenvalue weighted by atomic mass is 16.7. The second-order valence-corrected chi connectivity index (χ2v) is 22.8. The molecule has 9 atom stereocenters. The molecule has 1 amide bonds. The third kappa shape index (κ3) is 41.3. The summed E-state index contributed by atoms with van der Waals surface area (Å²) in [7, 11) is 0. The van der Waals surface area contributed by atoms with Gasteiger partial charge in [-0.25, -0.2) is 0 Å². The molecule has 9 unspecified atom stereocenters. The molecule has 444 valence electrons. The van der Waals surface area contributed by atoms with E-state index >= 15 is 0 Å². The number of nitrogens with one attached hydrogen (secondary N) is 1. The predicted octanol–water partition coefficient (Wildman–Crippen LogP) is 14.5. The number of unbranched alkanes of at least 4 members (excludes halogenated alkanes) is 40. The molecular formula is C64H123NO10. The Balaban J connectivity index is 2.27. The number of allylic oxidation sites excluding steroid dienone is 4. The number of rotatable bonds is 56. The fourth-order valence-corrected chi connectivity index (χ4v) is 10.5. The number of aliphatic hydroxyl groups is 7. The van der Waals surface area contributed by atoms with Crippen LogP contribution in [0.5, 0.6) is 0 Å². The second kappa shape index (κ2) is 53.2. The van der Waals surface area contributed by atoms with Gasteiger partial charge in [-0.2, -0.15) is 0 Å². The van der Waals surface area contributed by atoms with Crippen LogP contribution in [0.25, 0.3) is 0 Å². The van der Waals surface area contributed by atoms with Gasteiger partial charge in [-0.05, 0) is 64.2 Å². The van der Waals surface area contributed by atoms with Crippen LogP contribution < -0.4 is 5.32 Å². The number of amides is 1. The Hall–Kier alpha value is -1.41. The van der Waals surface area contributed by atoms with E-state index in [1.807, 2.05) is 0 Å². The Morgan fingerprint density at radius 2 is 0.787 bits per heavy atom. The normalized spacial score (nSPS) is 19.8. The summed E-state index contributed by atoms with van der Waals surface area (Å²) in [5, 5.41) is 76.3. The zero-order valence-electron chi connectivity index (χ0n) is 48.8. The lowest BCUT2D eigenvalue weighted by atomic mass is 9.98. The lowest BCUT2D eigenvalue weighted by molar-refractivity contribution is -0.303. The average Bonchev–Trinajstić information content (AvgIpc) is 3.41. The van der Waals surface area contributed by atoms with E-state index in [-0.39, 0.29) is 12.8 Å². The molecule has 11 nitrogen and oxygen atoms in total. The van der Waals surface area contributed by atoms with Crippen LogP contribution in [-0.2, 0) is 14.3 Å². The maximum Gasteiger partial charge on any atom is 0.249 e. The molecule has 0 spiro atoms. The van der Waals surface area contributed by atoms with Crippen molar-refractivity contribution in [1.82, 2.24) is 5.32 Å². The van der Waals surface area contributed by atoms with Gasteiger partial charge < -0.3 is 50.5 Å². The van der Waals surface area contributed by atoms with Crippen molar-refractivity contribution in [3.8, 4) is 0 Å². The Morgan fingerprint density at radius 3 is 1.15 bits per heavy atom. The lowest BCUT2D eigenvalue weighted by Gasteiger charge is -2.40. The van der Waals surface area contributed by atoms with Gasteiger partial charge in [-0.15, -0.1) is 0 Å². The fraction of sp³-hybridized carbons (Fsp3) is 0.922. The number of hydrogen-bond donors (Lipinski definition) is 8. The van der Waals surface area contributed by atoms with Crippen molar-refractivity contribution >= 4 is 5.91 Å². The minimum atomic E-state index is -1.67. The van der Waals surface area contributed by atoms with Gasteiger partial charge in [0.05, 0.1) is 25.4 Å². The van der Waals surface area contributed by atoms with Crippen molar-refractivity contribution < 1.29 is 50.0 Å². The molecule has 1 saturated heterocycles. The van der Waals surface area contributed by atoms with Gasteiger partial charge in [0.25, 0.3) is 0 Å². The SMILES string of the molecule is CCCCCCCCCCCCC/C=C\CCCCCCCCC(O)C(=O)NC(COC1OC(CO)C(O)C(O)C1O)C(O)C(O)CCC/C=C/CCCCCCCCCCCCCCCCCCCCCCCC. The highest BCUT2D eigenvalue weighted by Crippen LogP contribution is 2.24. The van der Waals surface area contributed by atoms with Crippen molar-refractivity contribution in [1.29, 1.82) is 0 Å². The van der Waals surface area contributed by atoms with Gasteiger partial charge in [-0.3, -0.25) is 4.79 Å². The van der Waals surface area contributed by atoms with Crippen molar-refractivity contribution in [2.24, 2.45) is 0 Å². The molecule has 1 rings (SSSR count). The summed E-state index contributed by atoms with van der Waals surface area (Å²) >= 11 is 0. The largest absolute Gasteiger partial charge is 0.394 e. The smallest absolute Gasteiger partial charge is 0.249 e. The monoisotopic (exact) mass is 1070 g/mol. The maximum absolute atomic E-state index is 13.2. The number of ether oxygens (including phenoxy) is 2. The van der Waals surface area contributed by atoms with Gasteiger partial charge in [-0.1, -0.05) is 269 Å². The summed E-state index contributed by atoms with van der Waals surface area (Å²) in [6.45, 7) is 3.48.